The van der Waals surface area contributed by atoms with Crippen molar-refractivity contribution in [2.45, 2.75) is 13.3 Å². The summed E-state index contributed by atoms with van der Waals surface area (Å²) in [6.45, 7) is 2.00. The van der Waals surface area contributed by atoms with Crippen molar-refractivity contribution in [2.24, 2.45) is 0 Å². The predicted octanol–water partition coefficient (Wildman–Crippen LogP) is 5.22. The Morgan fingerprint density at radius 1 is 1.07 bits per heavy atom. The van der Waals surface area contributed by atoms with E-state index in [1.165, 1.54) is 11.3 Å². The number of rotatable bonds is 5. The van der Waals surface area contributed by atoms with Gasteiger partial charge in [-0.05, 0) is 42.3 Å². The molecular weight excluding hydrogens is 408 g/mol. The number of hydrogen-bond donors (Lipinski definition) is 1. The minimum atomic E-state index is -0.139. The number of halogens is 1. The molecule has 0 aliphatic carbocycles. The van der Waals surface area contributed by atoms with E-state index in [1.807, 2.05) is 49.4 Å². The summed E-state index contributed by atoms with van der Waals surface area (Å²) in [4.78, 5) is 22.4. The Kier molecular flexibility index (Phi) is 5.30. The zero-order valence-electron chi connectivity index (χ0n) is 16.2. The van der Waals surface area contributed by atoms with Crippen LogP contribution in [0.5, 0.6) is 11.5 Å². The summed E-state index contributed by atoms with van der Waals surface area (Å²) in [5.41, 5.74) is 2.70. The van der Waals surface area contributed by atoms with Gasteiger partial charge in [-0.1, -0.05) is 29.8 Å². The molecule has 4 rings (SSSR count). The van der Waals surface area contributed by atoms with Crippen molar-refractivity contribution in [1.29, 1.82) is 0 Å². The average Bonchev–Trinajstić information content (AvgIpc) is 3.04. The molecule has 29 heavy (non-hydrogen) atoms. The summed E-state index contributed by atoms with van der Waals surface area (Å²) >= 11 is 7.53. The summed E-state index contributed by atoms with van der Waals surface area (Å²) in [6.07, 6.45) is 0.485. The van der Waals surface area contributed by atoms with Crippen LogP contribution in [-0.4, -0.2) is 24.2 Å². The molecular formula is C22H19ClN2O3S. The SMILES string of the molecule is COc1ccc(Cc2nc3sc(C)c(-c4ccc(Cl)cc4)c3c(=O)[nH]2)cc1OC. The van der Waals surface area contributed by atoms with Crippen LogP contribution in [0, 0.1) is 6.92 Å². The fourth-order valence-electron chi connectivity index (χ4n) is 3.40. The monoisotopic (exact) mass is 426 g/mol. The Bertz CT molecular complexity index is 1250. The maximum atomic E-state index is 12.9. The van der Waals surface area contributed by atoms with Crippen molar-refractivity contribution in [1.82, 2.24) is 9.97 Å². The standard InChI is InChI=1S/C22H19ClN2O3S/c1-12-19(14-5-7-15(23)8-6-14)20-21(26)24-18(25-22(20)29-12)11-13-4-9-16(27-2)17(10-13)28-3/h4-10H,11H2,1-3H3,(H,24,25,26). The first-order valence-corrected chi connectivity index (χ1v) is 10.2. The highest BCUT2D eigenvalue weighted by Gasteiger charge is 2.17. The molecule has 0 saturated carbocycles. The fourth-order valence-corrected chi connectivity index (χ4v) is 4.59. The molecule has 2 aromatic carbocycles. The molecule has 2 heterocycles. The van der Waals surface area contributed by atoms with Gasteiger partial charge < -0.3 is 14.5 Å². The van der Waals surface area contributed by atoms with Crippen molar-refractivity contribution in [3.8, 4) is 22.6 Å². The summed E-state index contributed by atoms with van der Waals surface area (Å²) < 4.78 is 10.6. The normalized spacial score (nSPS) is 11.0. The zero-order chi connectivity index (χ0) is 20.5. The van der Waals surface area contributed by atoms with Crippen LogP contribution in [0.25, 0.3) is 21.3 Å². The lowest BCUT2D eigenvalue weighted by Crippen LogP contribution is -2.11. The van der Waals surface area contributed by atoms with Gasteiger partial charge in [-0.2, -0.15) is 0 Å². The third kappa shape index (κ3) is 3.73. The van der Waals surface area contributed by atoms with Gasteiger partial charge in [0, 0.05) is 21.9 Å². The second-order valence-corrected chi connectivity index (χ2v) is 8.24. The average molecular weight is 427 g/mol. The number of aromatic nitrogens is 2. The smallest absolute Gasteiger partial charge is 0.260 e. The molecule has 0 fully saturated rings. The molecule has 1 N–H and O–H groups in total. The van der Waals surface area contributed by atoms with E-state index in [0.29, 0.717) is 34.2 Å². The number of thiophene rings is 1. The number of hydrogen-bond acceptors (Lipinski definition) is 5. The third-order valence-corrected chi connectivity index (χ3v) is 5.99. The van der Waals surface area contributed by atoms with Crippen LogP contribution in [0.2, 0.25) is 5.02 Å². The van der Waals surface area contributed by atoms with E-state index < -0.39 is 0 Å². The van der Waals surface area contributed by atoms with E-state index in [1.54, 1.807) is 14.2 Å². The Morgan fingerprint density at radius 3 is 2.48 bits per heavy atom. The van der Waals surface area contributed by atoms with E-state index >= 15 is 0 Å². The number of nitrogens with one attached hydrogen (secondary N) is 1. The molecule has 0 unspecified atom stereocenters. The topological polar surface area (TPSA) is 64.2 Å². The van der Waals surface area contributed by atoms with Gasteiger partial charge in [0.25, 0.3) is 5.56 Å². The molecule has 0 aliphatic rings. The van der Waals surface area contributed by atoms with Gasteiger partial charge >= 0.3 is 0 Å². The summed E-state index contributed by atoms with van der Waals surface area (Å²) in [6, 6.07) is 13.2. The largest absolute Gasteiger partial charge is 0.493 e. The number of aromatic amines is 1. The molecule has 148 valence electrons. The van der Waals surface area contributed by atoms with E-state index in [2.05, 4.69) is 4.98 Å². The highest BCUT2D eigenvalue weighted by atomic mass is 35.5. The van der Waals surface area contributed by atoms with Crippen LogP contribution in [-0.2, 0) is 6.42 Å². The summed E-state index contributed by atoms with van der Waals surface area (Å²) in [7, 11) is 3.20. The number of H-pyrrole nitrogens is 1. The highest BCUT2D eigenvalue weighted by molar-refractivity contribution is 7.19. The Labute approximate surface area is 176 Å². The van der Waals surface area contributed by atoms with Gasteiger partial charge in [0.15, 0.2) is 11.5 Å². The molecule has 0 saturated heterocycles. The molecule has 0 aliphatic heterocycles. The van der Waals surface area contributed by atoms with E-state index in [-0.39, 0.29) is 5.56 Å². The second kappa shape index (κ2) is 7.89. The minimum absolute atomic E-state index is 0.139. The maximum Gasteiger partial charge on any atom is 0.260 e. The van der Waals surface area contributed by atoms with Gasteiger partial charge in [0.05, 0.1) is 19.6 Å². The lowest BCUT2D eigenvalue weighted by Gasteiger charge is -2.09. The molecule has 0 spiro atoms. The van der Waals surface area contributed by atoms with Crippen molar-refractivity contribution < 1.29 is 9.47 Å². The predicted molar refractivity (Wildman–Crippen MR) is 118 cm³/mol. The zero-order valence-corrected chi connectivity index (χ0v) is 17.8. The summed E-state index contributed by atoms with van der Waals surface area (Å²) in [5.74, 6) is 1.92. The Morgan fingerprint density at radius 2 is 1.79 bits per heavy atom. The molecule has 0 radical (unpaired) electrons. The molecule has 0 bridgehead atoms. The van der Waals surface area contributed by atoms with Crippen LogP contribution < -0.4 is 15.0 Å². The van der Waals surface area contributed by atoms with E-state index in [0.717, 1.165) is 26.4 Å². The Balaban J connectivity index is 1.76. The molecule has 5 nitrogen and oxygen atoms in total. The lowest BCUT2D eigenvalue weighted by molar-refractivity contribution is 0.354. The molecule has 4 aromatic rings. The van der Waals surface area contributed by atoms with Crippen LogP contribution >= 0.6 is 22.9 Å². The van der Waals surface area contributed by atoms with E-state index in [9.17, 15) is 4.79 Å². The first-order valence-electron chi connectivity index (χ1n) is 8.99. The molecule has 0 atom stereocenters. The van der Waals surface area contributed by atoms with Crippen molar-refractivity contribution >= 4 is 33.2 Å². The lowest BCUT2D eigenvalue weighted by atomic mass is 10.0. The summed E-state index contributed by atoms with van der Waals surface area (Å²) in [5, 5.41) is 1.28. The van der Waals surface area contributed by atoms with Gasteiger partial charge in [0.2, 0.25) is 0 Å². The number of nitrogens with zero attached hydrogens (tertiary/aromatic N) is 1. The number of benzene rings is 2. The second-order valence-electron chi connectivity index (χ2n) is 6.60. The van der Waals surface area contributed by atoms with E-state index in [4.69, 9.17) is 26.1 Å². The van der Waals surface area contributed by atoms with Crippen LogP contribution in [0.3, 0.4) is 0 Å². The Hall–Kier alpha value is -2.83. The molecule has 0 amide bonds. The number of aryl methyl sites for hydroxylation is 1. The number of fused-ring (bicyclic) bond motifs is 1. The maximum absolute atomic E-state index is 12.9. The van der Waals surface area contributed by atoms with Crippen molar-refractivity contribution in [2.75, 3.05) is 14.2 Å². The van der Waals surface area contributed by atoms with Crippen LogP contribution in [0.1, 0.15) is 16.3 Å². The molecule has 7 heteroatoms. The fraction of sp³-hybridized carbons (Fsp3) is 0.182. The van der Waals surface area contributed by atoms with Gasteiger partial charge in [-0.15, -0.1) is 11.3 Å². The van der Waals surface area contributed by atoms with Crippen molar-refractivity contribution in [3.05, 3.63) is 74.1 Å². The van der Waals surface area contributed by atoms with Crippen LogP contribution in [0.4, 0.5) is 0 Å². The first kappa shape index (κ1) is 19.5. The van der Waals surface area contributed by atoms with Gasteiger partial charge in [0.1, 0.15) is 10.7 Å². The quantitative estimate of drug-likeness (QED) is 0.475. The highest BCUT2D eigenvalue weighted by Crippen LogP contribution is 2.36. The van der Waals surface area contributed by atoms with Crippen molar-refractivity contribution in [3.63, 3.8) is 0 Å². The van der Waals surface area contributed by atoms with Gasteiger partial charge in [-0.25, -0.2) is 4.98 Å². The number of ether oxygens (including phenoxy) is 2. The minimum Gasteiger partial charge on any atom is -0.493 e. The van der Waals surface area contributed by atoms with Crippen LogP contribution in [0.15, 0.2) is 47.3 Å². The molecule has 2 aromatic heterocycles. The van der Waals surface area contributed by atoms with Gasteiger partial charge in [-0.3, -0.25) is 4.79 Å². The third-order valence-electron chi connectivity index (χ3n) is 4.74. The number of methoxy groups -OCH3 is 2. The first-order chi connectivity index (χ1) is 14.0.